The van der Waals surface area contributed by atoms with Crippen molar-refractivity contribution in [2.75, 3.05) is 11.5 Å². The monoisotopic (exact) mass is 470 g/mol. The van der Waals surface area contributed by atoms with Gasteiger partial charge < -0.3 is 10.4 Å². The summed E-state index contributed by atoms with van der Waals surface area (Å²) in [6.07, 6.45) is 0. The van der Waals surface area contributed by atoms with Crippen LogP contribution in [0.2, 0.25) is 0 Å². The molecule has 0 saturated carbocycles. The smallest absolute Gasteiger partial charge is 0.442 e. The average molecular weight is 470 g/mol. The van der Waals surface area contributed by atoms with Crippen LogP contribution in [0.1, 0.15) is 6.92 Å². The van der Waals surface area contributed by atoms with Crippen LogP contribution >= 0.6 is 35.3 Å². The van der Waals surface area contributed by atoms with Crippen LogP contribution in [0.15, 0.2) is 16.4 Å². The molecular weight excluding hydrogens is 457 g/mol. The number of alkyl halides is 3. The molecule has 1 aromatic rings. The van der Waals surface area contributed by atoms with Gasteiger partial charge in [0.05, 0.1) is 5.75 Å². The fraction of sp³-hybridized carbons (Fsp3) is 0.538. The maximum atomic E-state index is 12.5. The van der Waals surface area contributed by atoms with Crippen LogP contribution in [0.5, 0.6) is 0 Å². The Hall–Kier alpha value is -1.94. The van der Waals surface area contributed by atoms with Crippen LogP contribution < -0.4 is 5.32 Å². The second-order valence-electron chi connectivity index (χ2n) is 5.82. The molecule has 3 rings (SSSR count). The molecule has 2 amide bonds. The molecule has 16 heteroatoms. The van der Waals surface area contributed by atoms with Crippen LogP contribution in [0.25, 0.3) is 0 Å². The molecule has 2 aliphatic heterocycles. The number of carboxylic acid groups (broad SMARTS) is 1. The third-order valence-electron chi connectivity index (χ3n) is 3.98. The number of nitrogens with zero attached hydrogens (tertiary/aromatic N) is 4. The third-order valence-corrected chi connectivity index (χ3v) is 7.04. The number of amides is 2. The van der Waals surface area contributed by atoms with Gasteiger partial charge in [-0.1, -0.05) is 11.8 Å². The molecule has 1 aromatic heterocycles. The van der Waals surface area contributed by atoms with Crippen molar-refractivity contribution in [3.63, 3.8) is 0 Å². The Bertz CT molecular complexity index is 849. The molecule has 0 aromatic carbocycles. The first-order valence-corrected chi connectivity index (χ1v) is 10.8. The van der Waals surface area contributed by atoms with Gasteiger partial charge in [-0.15, -0.1) is 22.0 Å². The molecule has 0 bridgehead atoms. The summed E-state index contributed by atoms with van der Waals surface area (Å²) in [5.74, 6) is -3.56. The van der Waals surface area contributed by atoms with Crippen molar-refractivity contribution in [3.05, 3.63) is 11.3 Å². The number of nitrogens with one attached hydrogen (secondary N) is 2. The maximum Gasteiger partial charge on any atom is 0.442 e. The van der Waals surface area contributed by atoms with Gasteiger partial charge in [0.15, 0.2) is 0 Å². The highest BCUT2D eigenvalue weighted by atomic mass is 32.2. The number of carbonyl (C=O) groups is 3. The van der Waals surface area contributed by atoms with E-state index in [0.29, 0.717) is 10.7 Å². The Morgan fingerprint density at radius 2 is 2.21 bits per heavy atom. The van der Waals surface area contributed by atoms with E-state index in [1.54, 1.807) is 6.92 Å². The number of tetrazole rings is 1. The van der Waals surface area contributed by atoms with Crippen LogP contribution in [-0.2, 0) is 14.4 Å². The van der Waals surface area contributed by atoms with Gasteiger partial charge >= 0.3 is 11.5 Å². The van der Waals surface area contributed by atoms with E-state index in [1.807, 2.05) is 0 Å². The zero-order valence-corrected chi connectivity index (χ0v) is 16.9. The predicted molar refractivity (Wildman–Crippen MR) is 97.7 cm³/mol. The average Bonchev–Trinajstić information content (AvgIpc) is 3.15. The number of H-pyrrole nitrogens is 1. The van der Waals surface area contributed by atoms with Crippen LogP contribution in [0, 0.1) is 0 Å². The molecule has 10 nitrogen and oxygen atoms in total. The summed E-state index contributed by atoms with van der Waals surface area (Å²) in [5.41, 5.74) is -4.29. The van der Waals surface area contributed by atoms with Gasteiger partial charge in [0.2, 0.25) is 11.1 Å². The van der Waals surface area contributed by atoms with Crippen molar-refractivity contribution in [1.29, 1.82) is 0 Å². The number of thioether (sulfide) groups is 3. The molecule has 0 radical (unpaired) electrons. The van der Waals surface area contributed by atoms with Crippen LogP contribution in [0.3, 0.4) is 0 Å². The van der Waals surface area contributed by atoms with Gasteiger partial charge in [0, 0.05) is 11.0 Å². The van der Waals surface area contributed by atoms with Gasteiger partial charge in [-0.25, -0.2) is 4.79 Å². The zero-order valence-electron chi connectivity index (χ0n) is 14.5. The number of β-lactam (4-membered cyclic amide) rings is 1. The number of carboxylic acids is 1. The lowest BCUT2D eigenvalue weighted by atomic mass is 10.0. The van der Waals surface area contributed by atoms with Crippen molar-refractivity contribution < 1.29 is 32.7 Å². The lowest BCUT2D eigenvalue weighted by Crippen LogP contribution is -2.70. The molecule has 2 aliphatic rings. The van der Waals surface area contributed by atoms with Gasteiger partial charge in [0.25, 0.3) is 5.91 Å². The highest BCUT2D eigenvalue weighted by Crippen LogP contribution is 2.43. The summed E-state index contributed by atoms with van der Waals surface area (Å²) < 4.78 is 36.6. The van der Waals surface area contributed by atoms with E-state index in [1.165, 1.54) is 11.8 Å². The Morgan fingerprint density at radius 1 is 1.48 bits per heavy atom. The molecule has 1 fully saturated rings. The number of carbonyl (C=O) groups excluding carboxylic acids is 2. The van der Waals surface area contributed by atoms with Crippen molar-refractivity contribution in [2.45, 2.75) is 34.3 Å². The molecule has 0 spiro atoms. The normalized spacial score (nSPS) is 22.8. The minimum atomic E-state index is -4.56. The summed E-state index contributed by atoms with van der Waals surface area (Å²) in [6, 6.07) is -1.07. The summed E-state index contributed by atoms with van der Waals surface area (Å²) in [7, 11) is 0. The Kier molecular flexibility index (Phi) is 6.33. The Morgan fingerprint density at radius 3 is 2.79 bits per heavy atom. The Balaban J connectivity index is 1.71. The van der Waals surface area contributed by atoms with E-state index in [2.05, 4.69) is 25.9 Å². The third kappa shape index (κ3) is 4.80. The number of fused-ring (bicyclic) bond motifs is 1. The minimum Gasteiger partial charge on any atom is -0.477 e. The van der Waals surface area contributed by atoms with Crippen molar-refractivity contribution in [3.8, 4) is 0 Å². The molecule has 3 N–H and O–H groups in total. The number of hydrogen-bond acceptors (Lipinski definition) is 9. The Labute approximate surface area is 173 Å². The van der Waals surface area contributed by atoms with E-state index in [0.717, 1.165) is 16.7 Å². The quantitative estimate of drug-likeness (QED) is 0.385. The maximum absolute atomic E-state index is 12.5. The van der Waals surface area contributed by atoms with Crippen LogP contribution in [0.4, 0.5) is 13.2 Å². The first kappa shape index (κ1) is 21.8. The molecule has 158 valence electrons. The lowest BCUT2D eigenvalue weighted by Gasteiger charge is -2.50. The summed E-state index contributed by atoms with van der Waals surface area (Å²) in [4.78, 5) is 37.0. The second kappa shape index (κ2) is 8.43. The number of aromatic amines is 1. The first-order chi connectivity index (χ1) is 13.6. The summed E-state index contributed by atoms with van der Waals surface area (Å²) in [5, 5.41) is 24.4. The number of halogens is 3. The summed E-state index contributed by atoms with van der Waals surface area (Å²) in [6.45, 7) is 1.73. The van der Waals surface area contributed by atoms with E-state index < -0.39 is 52.2 Å². The van der Waals surface area contributed by atoms with E-state index in [9.17, 15) is 32.7 Å². The topological polar surface area (TPSA) is 141 Å². The molecule has 1 saturated heterocycles. The number of aliphatic carboxylic acids is 1. The lowest BCUT2D eigenvalue weighted by molar-refractivity contribution is -0.150. The molecule has 2 unspecified atom stereocenters. The molecular formula is C13H13F3N6O4S3. The van der Waals surface area contributed by atoms with Gasteiger partial charge in [0.1, 0.15) is 17.1 Å². The molecule has 3 heterocycles. The number of rotatable bonds is 7. The fourth-order valence-electron chi connectivity index (χ4n) is 2.75. The van der Waals surface area contributed by atoms with Crippen molar-refractivity contribution >= 4 is 53.1 Å². The van der Waals surface area contributed by atoms with Crippen LogP contribution in [-0.4, -0.2) is 82.1 Å². The first-order valence-electron chi connectivity index (χ1n) is 7.89. The SMILES string of the molecule is CC(Sc1nn[nH]n1)C1=C(C(=O)O)N2C(=O)C(NC(=O)CSC(F)(F)F)[C@H]2SC1. The highest BCUT2D eigenvalue weighted by Gasteiger charge is 2.54. The molecule has 0 aliphatic carbocycles. The molecule has 29 heavy (non-hydrogen) atoms. The van der Waals surface area contributed by atoms with E-state index in [4.69, 9.17) is 0 Å². The largest absolute Gasteiger partial charge is 0.477 e. The standard InChI is InChI=1S/C13H13F3N6O4S3/c1-4(29-12-18-20-21-19-12)5-2-27-10-7(9(24)22(10)8(5)11(25)26)17-6(23)3-28-13(14,15)16/h4,7,10H,2-3H2,1H3,(H,17,23)(H,25,26)(H,18,19,20,21)/t4?,7?,10-/m1/s1. The number of hydrogen-bond donors (Lipinski definition) is 3. The van der Waals surface area contributed by atoms with Gasteiger partial charge in [-0.2, -0.15) is 18.4 Å². The second-order valence-corrected chi connectivity index (χ2v) is 9.28. The van der Waals surface area contributed by atoms with Gasteiger partial charge in [-0.3, -0.25) is 14.5 Å². The fourth-order valence-corrected chi connectivity index (χ4v) is 5.54. The highest BCUT2D eigenvalue weighted by molar-refractivity contribution is 8.01. The predicted octanol–water partition coefficient (Wildman–Crippen LogP) is 0.672. The summed E-state index contributed by atoms with van der Waals surface area (Å²) >= 11 is 1.87. The minimum absolute atomic E-state index is 0.197. The van der Waals surface area contributed by atoms with Crippen molar-refractivity contribution in [2.24, 2.45) is 0 Å². The van der Waals surface area contributed by atoms with Crippen molar-refractivity contribution in [1.82, 2.24) is 30.8 Å². The number of aromatic nitrogens is 4. The van der Waals surface area contributed by atoms with E-state index in [-0.39, 0.29) is 16.7 Å². The van der Waals surface area contributed by atoms with Gasteiger partial charge in [-0.05, 0) is 29.5 Å². The van der Waals surface area contributed by atoms with E-state index >= 15 is 0 Å². The molecule has 3 atom stereocenters. The zero-order chi connectivity index (χ0) is 21.3.